The van der Waals surface area contributed by atoms with E-state index in [4.69, 9.17) is 9.47 Å². The number of ether oxygens (including phenoxy) is 2. The normalized spacial score (nSPS) is 10.1. The Hall–Kier alpha value is -2.83. The Labute approximate surface area is 141 Å². The van der Waals surface area contributed by atoms with Crippen molar-refractivity contribution in [1.29, 1.82) is 0 Å². The van der Waals surface area contributed by atoms with Crippen molar-refractivity contribution >= 4 is 23.2 Å². The first-order chi connectivity index (χ1) is 11.7. The molecule has 2 N–H and O–H groups in total. The second-order valence-corrected chi connectivity index (χ2v) is 5.15. The molecule has 2 aromatic rings. The van der Waals surface area contributed by atoms with E-state index in [-0.39, 0.29) is 5.91 Å². The molecule has 0 saturated heterocycles. The van der Waals surface area contributed by atoms with Crippen molar-refractivity contribution < 1.29 is 14.3 Å². The number of amides is 1. The van der Waals surface area contributed by atoms with Gasteiger partial charge in [-0.05, 0) is 30.7 Å². The molecule has 0 saturated carbocycles. The summed E-state index contributed by atoms with van der Waals surface area (Å²) < 4.78 is 10.5. The van der Waals surface area contributed by atoms with E-state index in [2.05, 4.69) is 20.8 Å². The molecule has 1 aromatic carbocycles. The fourth-order valence-electron chi connectivity index (χ4n) is 2.07. The SMILES string of the molecule is CCCCC(=O)Nc1ccc(Nc2ccc(OC)c(OC)c2)nn1. The Balaban J connectivity index is 2.00. The summed E-state index contributed by atoms with van der Waals surface area (Å²) >= 11 is 0. The smallest absolute Gasteiger partial charge is 0.225 e. The van der Waals surface area contributed by atoms with Gasteiger partial charge in [-0.3, -0.25) is 4.79 Å². The predicted molar refractivity (Wildman–Crippen MR) is 93.0 cm³/mol. The molecule has 1 aromatic heterocycles. The van der Waals surface area contributed by atoms with Crippen LogP contribution in [0.4, 0.5) is 17.3 Å². The molecular formula is C17H22N4O3. The van der Waals surface area contributed by atoms with Gasteiger partial charge < -0.3 is 20.1 Å². The van der Waals surface area contributed by atoms with Gasteiger partial charge in [0.15, 0.2) is 23.1 Å². The average Bonchev–Trinajstić information content (AvgIpc) is 2.61. The van der Waals surface area contributed by atoms with E-state index in [1.54, 1.807) is 38.5 Å². The summed E-state index contributed by atoms with van der Waals surface area (Å²) in [7, 11) is 3.17. The van der Waals surface area contributed by atoms with Crippen molar-refractivity contribution in [3.63, 3.8) is 0 Å². The van der Waals surface area contributed by atoms with Crippen LogP contribution in [0.25, 0.3) is 0 Å². The van der Waals surface area contributed by atoms with Crippen molar-refractivity contribution in [2.75, 3.05) is 24.9 Å². The van der Waals surface area contributed by atoms with Crippen molar-refractivity contribution in [1.82, 2.24) is 10.2 Å². The summed E-state index contributed by atoms with van der Waals surface area (Å²) in [6.45, 7) is 2.04. The van der Waals surface area contributed by atoms with Crippen LogP contribution in [0.3, 0.4) is 0 Å². The Morgan fingerprint density at radius 3 is 2.38 bits per heavy atom. The molecule has 7 heteroatoms. The van der Waals surface area contributed by atoms with Gasteiger partial charge in [0.1, 0.15) is 0 Å². The van der Waals surface area contributed by atoms with Crippen LogP contribution in [0.5, 0.6) is 11.5 Å². The molecular weight excluding hydrogens is 308 g/mol. The molecule has 0 aliphatic carbocycles. The number of hydrogen-bond donors (Lipinski definition) is 2. The maximum absolute atomic E-state index is 11.7. The van der Waals surface area contributed by atoms with Crippen molar-refractivity contribution in [2.24, 2.45) is 0 Å². The monoisotopic (exact) mass is 330 g/mol. The number of carbonyl (C=O) groups is 1. The molecule has 2 rings (SSSR count). The predicted octanol–water partition coefficient (Wildman–Crippen LogP) is 3.37. The highest BCUT2D eigenvalue weighted by Crippen LogP contribution is 2.30. The van der Waals surface area contributed by atoms with E-state index in [9.17, 15) is 4.79 Å². The second kappa shape index (κ2) is 8.71. The van der Waals surface area contributed by atoms with Gasteiger partial charge in [0.2, 0.25) is 5.91 Å². The molecule has 1 heterocycles. The molecule has 0 aliphatic heterocycles. The Kier molecular flexibility index (Phi) is 6.36. The number of hydrogen-bond acceptors (Lipinski definition) is 6. The minimum absolute atomic E-state index is 0.0493. The van der Waals surface area contributed by atoms with Gasteiger partial charge >= 0.3 is 0 Å². The first kappa shape index (κ1) is 17.5. The Bertz CT molecular complexity index is 674. The molecule has 1 amide bonds. The van der Waals surface area contributed by atoms with Gasteiger partial charge in [-0.2, -0.15) is 0 Å². The summed E-state index contributed by atoms with van der Waals surface area (Å²) in [6, 6.07) is 8.92. The van der Waals surface area contributed by atoms with Gasteiger partial charge in [0.05, 0.1) is 14.2 Å². The zero-order chi connectivity index (χ0) is 17.4. The van der Waals surface area contributed by atoms with Gasteiger partial charge in [-0.25, -0.2) is 0 Å². The summed E-state index contributed by atoms with van der Waals surface area (Å²) in [4.78, 5) is 11.7. The molecule has 0 fully saturated rings. The quantitative estimate of drug-likeness (QED) is 0.772. The van der Waals surface area contributed by atoms with Crippen LogP contribution in [0.1, 0.15) is 26.2 Å². The highest BCUT2D eigenvalue weighted by atomic mass is 16.5. The molecule has 0 bridgehead atoms. The molecule has 0 unspecified atom stereocenters. The lowest BCUT2D eigenvalue weighted by Crippen LogP contribution is -2.12. The van der Waals surface area contributed by atoms with Crippen LogP contribution in [0, 0.1) is 0 Å². The summed E-state index contributed by atoms with van der Waals surface area (Å²) in [5, 5.41) is 13.9. The van der Waals surface area contributed by atoms with E-state index < -0.39 is 0 Å². The van der Waals surface area contributed by atoms with Crippen LogP contribution in [0.2, 0.25) is 0 Å². The van der Waals surface area contributed by atoms with E-state index in [1.807, 2.05) is 13.0 Å². The lowest BCUT2D eigenvalue weighted by atomic mass is 10.2. The molecule has 0 aliphatic rings. The number of benzene rings is 1. The molecule has 0 spiro atoms. The highest BCUT2D eigenvalue weighted by molar-refractivity contribution is 5.89. The zero-order valence-corrected chi connectivity index (χ0v) is 14.1. The number of methoxy groups -OCH3 is 2. The molecule has 0 atom stereocenters. The third-order valence-electron chi connectivity index (χ3n) is 3.35. The van der Waals surface area contributed by atoms with Gasteiger partial charge in [0.25, 0.3) is 0 Å². The minimum Gasteiger partial charge on any atom is -0.493 e. The van der Waals surface area contributed by atoms with Crippen LogP contribution >= 0.6 is 0 Å². The van der Waals surface area contributed by atoms with E-state index in [1.165, 1.54) is 0 Å². The lowest BCUT2D eigenvalue weighted by molar-refractivity contribution is -0.116. The fraction of sp³-hybridized carbons (Fsp3) is 0.353. The van der Waals surface area contributed by atoms with E-state index >= 15 is 0 Å². The number of nitrogens with one attached hydrogen (secondary N) is 2. The number of carbonyl (C=O) groups excluding carboxylic acids is 1. The zero-order valence-electron chi connectivity index (χ0n) is 14.1. The first-order valence-electron chi connectivity index (χ1n) is 7.79. The molecule has 24 heavy (non-hydrogen) atoms. The summed E-state index contributed by atoms with van der Waals surface area (Å²) in [5.41, 5.74) is 0.793. The Morgan fingerprint density at radius 1 is 1.04 bits per heavy atom. The Morgan fingerprint density at radius 2 is 1.75 bits per heavy atom. The van der Waals surface area contributed by atoms with Crippen LogP contribution < -0.4 is 20.1 Å². The van der Waals surface area contributed by atoms with Gasteiger partial charge in [0, 0.05) is 18.2 Å². The number of unbranched alkanes of at least 4 members (excludes halogenated alkanes) is 1. The van der Waals surface area contributed by atoms with Crippen molar-refractivity contribution in [2.45, 2.75) is 26.2 Å². The maximum atomic E-state index is 11.7. The summed E-state index contributed by atoms with van der Waals surface area (Å²) in [5.74, 6) is 2.23. The van der Waals surface area contributed by atoms with Crippen molar-refractivity contribution in [3.8, 4) is 11.5 Å². The largest absolute Gasteiger partial charge is 0.493 e. The minimum atomic E-state index is -0.0493. The molecule has 7 nitrogen and oxygen atoms in total. The topological polar surface area (TPSA) is 85.4 Å². The number of anilines is 3. The average molecular weight is 330 g/mol. The first-order valence-corrected chi connectivity index (χ1v) is 7.79. The van der Waals surface area contributed by atoms with Crippen LogP contribution in [-0.2, 0) is 4.79 Å². The number of rotatable bonds is 8. The van der Waals surface area contributed by atoms with E-state index in [0.29, 0.717) is 29.6 Å². The van der Waals surface area contributed by atoms with Crippen molar-refractivity contribution in [3.05, 3.63) is 30.3 Å². The fourth-order valence-corrected chi connectivity index (χ4v) is 2.07. The third-order valence-corrected chi connectivity index (χ3v) is 3.35. The third kappa shape index (κ3) is 4.84. The maximum Gasteiger partial charge on any atom is 0.225 e. The van der Waals surface area contributed by atoms with Gasteiger partial charge in [-0.1, -0.05) is 13.3 Å². The van der Waals surface area contributed by atoms with Crippen LogP contribution in [-0.4, -0.2) is 30.3 Å². The molecule has 128 valence electrons. The lowest BCUT2D eigenvalue weighted by Gasteiger charge is -2.11. The highest BCUT2D eigenvalue weighted by Gasteiger charge is 2.06. The number of nitrogens with zero attached hydrogens (tertiary/aromatic N) is 2. The standard InChI is InChI=1S/C17H22N4O3/c1-4-5-6-17(22)19-16-10-9-15(20-21-16)18-12-7-8-13(23-2)14(11-12)24-3/h7-11H,4-6H2,1-3H3,(H,18,20)(H,19,21,22). The summed E-state index contributed by atoms with van der Waals surface area (Å²) in [6.07, 6.45) is 2.33. The molecule has 0 radical (unpaired) electrons. The second-order valence-electron chi connectivity index (χ2n) is 5.15. The van der Waals surface area contributed by atoms with Gasteiger partial charge in [-0.15, -0.1) is 10.2 Å². The van der Waals surface area contributed by atoms with Crippen LogP contribution in [0.15, 0.2) is 30.3 Å². The number of aromatic nitrogens is 2. The van der Waals surface area contributed by atoms with E-state index in [0.717, 1.165) is 18.5 Å².